The summed E-state index contributed by atoms with van der Waals surface area (Å²) in [4.78, 5) is 14.0. The van der Waals surface area contributed by atoms with Crippen LogP contribution in [0.25, 0.3) is 23.1 Å². The predicted molar refractivity (Wildman–Crippen MR) is 145 cm³/mol. The van der Waals surface area contributed by atoms with Gasteiger partial charge in [-0.05, 0) is 35.9 Å². The van der Waals surface area contributed by atoms with Crippen LogP contribution >= 0.6 is 24.0 Å². The first-order chi connectivity index (χ1) is 16.5. The molecule has 0 saturated carbocycles. The molecule has 4 rings (SSSR count). The van der Waals surface area contributed by atoms with Gasteiger partial charge in [-0.15, -0.1) is 0 Å². The molecule has 0 radical (unpaired) electrons. The second kappa shape index (κ2) is 11.0. The molecule has 2 N–H and O–H groups in total. The van der Waals surface area contributed by atoms with Crippen LogP contribution in [0.3, 0.4) is 0 Å². The molecule has 0 spiro atoms. The Morgan fingerprint density at radius 1 is 1.06 bits per heavy atom. The summed E-state index contributed by atoms with van der Waals surface area (Å²) >= 11 is 6.53. The third-order valence-electron chi connectivity index (χ3n) is 4.84. The summed E-state index contributed by atoms with van der Waals surface area (Å²) in [6.07, 6.45) is 4.02. The Morgan fingerprint density at radius 2 is 1.85 bits per heavy atom. The lowest BCUT2D eigenvalue weighted by atomic mass is 10.1. The Balaban J connectivity index is 1.41. The second-order valence-corrected chi connectivity index (χ2v) is 9.30. The SMILES string of the molecule is CN(C)C(=S)SCC(=O)Nc1cccc(Oc2ccc3c(/C=C/c4ccccc4)n[nH]c3c2)c1. The number of fused-ring (bicyclic) bond motifs is 1. The molecule has 3 aromatic carbocycles. The van der Waals surface area contributed by atoms with Gasteiger partial charge in [0, 0.05) is 37.3 Å². The number of anilines is 1. The van der Waals surface area contributed by atoms with E-state index >= 15 is 0 Å². The third kappa shape index (κ3) is 6.24. The number of rotatable bonds is 7. The number of thioether (sulfide) groups is 1. The van der Waals surface area contributed by atoms with Crippen molar-refractivity contribution in [3.05, 3.63) is 84.1 Å². The minimum Gasteiger partial charge on any atom is -0.457 e. The Labute approximate surface area is 208 Å². The number of nitrogens with one attached hydrogen (secondary N) is 2. The molecular formula is C26H24N4O2S2. The highest BCUT2D eigenvalue weighted by Gasteiger charge is 2.09. The summed E-state index contributed by atoms with van der Waals surface area (Å²) in [7, 11) is 3.72. The van der Waals surface area contributed by atoms with E-state index in [1.54, 1.807) is 11.0 Å². The van der Waals surface area contributed by atoms with Crippen LogP contribution < -0.4 is 10.1 Å². The fraction of sp³-hybridized carbons (Fsp3) is 0.115. The summed E-state index contributed by atoms with van der Waals surface area (Å²) in [6, 6.07) is 23.2. The van der Waals surface area contributed by atoms with Crippen molar-refractivity contribution < 1.29 is 9.53 Å². The molecule has 1 aromatic heterocycles. The van der Waals surface area contributed by atoms with Gasteiger partial charge < -0.3 is 15.0 Å². The minimum absolute atomic E-state index is 0.124. The Hall–Kier alpha value is -3.62. The molecule has 4 aromatic rings. The van der Waals surface area contributed by atoms with E-state index in [-0.39, 0.29) is 11.7 Å². The second-order valence-electron chi connectivity index (χ2n) is 7.69. The molecule has 1 heterocycles. The molecular weight excluding hydrogens is 464 g/mol. The molecule has 0 saturated heterocycles. The Morgan fingerprint density at radius 3 is 2.65 bits per heavy atom. The van der Waals surface area contributed by atoms with Crippen LogP contribution in [0, 0.1) is 0 Å². The summed E-state index contributed by atoms with van der Waals surface area (Å²) in [5, 5.41) is 11.4. The van der Waals surface area contributed by atoms with E-state index < -0.39 is 0 Å². The molecule has 0 fully saturated rings. The van der Waals surface area contributed by atoms with Crippen LogP contribution in [0.1, 0.15) is 11.3 Å². The van der Waals surface area contributed by atoms with Crippen molar-refractivity contribution in [2.24, 2.45) is 0 Å². The largest absolute Gasteiger partial charge is 0.457 e. The number of thiocarbonyl (C=S) groups is 1. The maximum Gasteiger partial charge on any atom is 0.234 e. The van der Waals surface area contributed by atoms with Gasteiger partial charge in [-0.1, -0.05) is 66.5 Å². The quantitative estimate of drug-likeness (QED) is 0.309. The number of ether oxygens (including phenoxy) is 1. The first-order valence-corrected chi connectivity index (χ1v) is 12.0. The molecule has 0 aliphatic rings. The number of H-pyrrole nitrogens is 1. The van der Waals surface area contributed by atoms with Crippen LogP contribution in [0.15, 0.2) is 72.8 Å². The molecule has 0 bridgehead atoms. The van der Waals surface area contributed by atoms with E-state index in [1.807, 2.05) is 93.0 Å². The van der Waals surface area contributed by atoms with E-state index in [0.29, 0.717) is 21.5 Å². The van der Waals surface area contributed by atoms with Crippen molar-refractivity contribution >= 4 is 62.9 Å². The topological polar surface area (TPSA) is 70.2 Å². The van der Waals surface area contributed by atoms with Gasteiger partial charge in [0.2, 0.25) is 5.91 Å². The molecule has 34 heavy (non-hydrogen) atoms. The van der Waals surface area contributed by atoms with Gasteiger partial charge in [-0.25, -0.2) is 0 Å². The summed E-state index contributed by atoms with van der Waals surface area (Å²) in [6.45, 7) is 0. The number of aromatic amines is 1. The number of carbonyl (C=O) groups is 1. The highest BCUT2D eigenvalue weighted by molar-refractivity contribution is 8.23. The average Bonchev–Trinajstić information content (AvgIpc) is 3.24. The smallest absolute Gasteiger partial charge is 0.234 e. The average molecular weight is 489 g/mol. The number of hydrogen-bond donors (Lipinski definition) is 2. The Bertz CT molecular complexity index is 1330. The zero-order chi connectivity index (χ0) is 23.9. The van der Waals surface area contributed by atoms with Gasteiger partial charge in [0.25, 0.3) is 0 Å². The van der Waals surface area contributed by atoms with Gasteiger partial charge in [-0.3, -0.25) is 9.89 Å². The van der Waals surface area contributed by atoms with Gasteiger partial charge in [0.05, 0.1) is 17.0 Å². The number of hydrogen-bond acceptors (Lipinski definition) is 5. The standard InChI is InChI=1S/C26H24N4O2S2/c1-30(2)26(33)34-17-25(31)27-19-9-6-10-20(15-19)32-21-12-13-22-23(28-29-24(22)16-21)14-11-18-7-4-3-5-8-18/h3-16H,17H2,1-2H3,(H,27,31)(H,28,29)/b14-11+. The van der Waals surface area contributed by atoms with Gasteiger partial charge in [0.1, 0.15) is 15.8 Å². The molecule has 0 aliphatic carbocycles. The number of benzene rings is 3. The molecule has 6 nitrogen and oxygen atoms in total. The van der Waals surface area contributed by atoms with Crippen LogP contribution in [0.5, 0.6) is 11.5 Å². The fourth-order valence-electron chi connectivity index (χ4n) is 3.18. The van der Waals surface area contributed by atoms with E-state index in [4.69, 9.17) is 17.0 Å². The van der Waals surface area contributed by atoms with Crippen molar-refractivity contribution in [1.82, 2.24) is 15.1 Å². The molecule has 0 unspecified atom stereocenters. The normalized spacial score (nSPS) is 11.0. The number of aromatic nitrogens is 2. The molecule has 0 atom stereocenters. The van der Waals surface area contributed by atoms with Crippen LogP contribution in [0.2, 0.25) is 0 Å². The van der Waals surface area contributed by atoms with Crippen molar-refractivity contribution in [1.29, 1.82) is 0 Å². The monoisotopic (exact) mass is 488 g/mol. The lowest BCUT2D eigenvalue weighted by Gasteiger charge is -2.12. The predicted octanol–water partition coefficient (Wildman–Crippen LogP) is 6.04. The first kappa shape index (κ1) is 23.5. The summed E-state index contributed by atoms with van der Waals surface area (Å²) in [5.41, 5.74) is 3.52. The van der Waals surface area contributed by atoms with Crippen molar-refractivity contribution in [2.45, 2.75) is 0 Å². The van der Waals surface area contributed by atoms with Gasteiger partial charge in [0.15, 0.2) is 0 Å². The molecule has 0 aliphatic heterocycles. The minimum atomic E-state index is -0.124. The summed E-state index contributed by atoms with van der Waals surface area (Å²) in [5.74, 6) is 1.42. The van der Waals surface area contributed by atoms with Crippen LogP contribution in [-0.2, 0) is 4.79 Å². The van der Waals surface area contributed by atoms with Crippen molar-refractivity contribution in [3.8, 4) is 11.5 Å². The van der Waals surface area contributed by atoms with Crippen LogP contribution in [0.4, 0.5) is 5.69 Å². The third-order valence-corrected chi connectivity index (χ3v) is 6.58. The van der Waals surface area contributed by atoms with Gasteiger partial charge in [-0.2, -0.15) is 5.10 Å². The van der Waals surface area contributed by atoms with E-state index in [9.17, 15) is 4.79 Å². The zero-order valence-corrected chi connectivity index (χ0v) is 20.5. The Kier molecular flexibility index (Phi) is 7.61. The first-order valence-electron chi connectivity index (χ1n) is 10.6. The van der Waals surface area contributed by atoms with E-state index in [1.165, 1.54) is 11.8 Å². The highest BCUT2D eigenvalue weighted by atomic mass is 32.2. The van der Waals surface area contributed by atoms with E-state index in [2.05, 4.69) is 15.5 Å². The number of nitrogens with zero attached hydrogens (tertiary/aromatic N) is 2. The molecule has 172 valence electrons. The molecule has 8 heteroatoms. The van der Waals surface area contributed by atoms with E-state index in [0.717, 1.165) is 22.2 Å². The van der Waals surface area contributed by atoms with Crippen molar-refractivity contribution in [3.63, 3.8) is 0 Å². The fourth-order valence-corrected chi connectivity index (χ4v) is 3.94. The lowest BCUT2D eigenvalue weighted by molar-refractivity contribution is -0.113. The summed E-state index contributed by atoms with van der Waals surface area (Å²) < 4.78 is 6.69. The number of carbonyl (C=O) groups excluding carboxylic acids is 1. The van der Waals surface area contributed by atoms with Crippen molar-refractivity contribution in [2.75, 3.05) is 25.2 Å². The highest BCUT2D eigenvalue weighted by Crippen LogP contribution is 2.28. The molecule has 1 amide bonds. The zero-order valence-electron chi connectivity index (χ0n) is 18.8. The van der Waals surface area contributed by atoms with Gasteiger partial charge >= 0.3 is 0 Å². The van der Waals surface area contributed by atoms with Crippen LogP contribution in [-0.4, -0.2) is 45.2 Å². The number of amides is 1. The maximum absolute atomic E-state index is 12.2. The lowest BCUT2D eigenvalue weighted by Crippen LogP contribution is -2.20. The maximum atomic E-state index is 12.2.